The van der Waals surface area contributed by atoms with Gasteiger partial charge >= 0.3 is 5.97 Å². The summed E-state index contributed by atoms with van der Waals surface area (Å²) in [6, 6.07) is -0.731. The molecule has 1 saturated carbocycles. The number of carboxylic acids is 1. The van der Waals surface area contributed by atoms with E-state index in [1.807, 2.05) is 0 Å². The van der Waals surface area contributed by atoms with Gasteiger partial charge in [-0.15, -0.1) is 0 Å². The summed E-state index contributed by atoms with van der Waals surface area (Å²) < 4.78 is 0. The van der Waals surface area contributed by atoms with Crippen LogP contribution in [0, 0.1) is 11.8 Å². The van der Waals surface area contributed by atoms with Crippen molar-refractivity contribution < 1.29 is 9.90 Å². The fourth-order valence-electron chi connectivity index (χ4n) is 1.83. The van der Waals surface area contributed by atoms with E-state index in [4.69, 9.17) is 22.3 Å². The highest BCUT2D eigenvalue weighted by molar-refractivity contribution is 5.72. The quantitative estimate of drug-likeness (QED) is 0.551. The maximum Gasteiger partial charge on any atom is 0.320 e. The van der Waals surface area contributed by atoms with Gasteiger partial charge in [-0.3, -0.25) is 4.79 Å². The molecule has 0 amide bonds. The fraction of sp³-hybridized carbons (Fsp3) is 0.909. The van der Waals surface area contributed by atoms with Crippen LogP contribution in [0.3, 0.4) is 0 Å². The van der Waals surface area contributed by atoms with Gasteiger partial charge in [-0.2, -0.15) is 0 Å². The maximum atomic E-state index is 9.57. The first-order valence-electron chi connectivity index (χ1n) is 5.89. The first-order valence-corrected chi connectivity index (χ1v) is 5.89. The zero-order valence-corrected chi connectivity index (χ0v) is 10.1. The van der Waals surface area contributed by atoms with Crippen LogP contribution < -0.4 is 17.2 Å². The van der Waals surface area contributed by atoms with E-state index in [1.165, 1.54) is 32.6 Å². The molecule has 0 aromatic rings. The topological polar surface area (TPSA) is 115 Å². The van der Waals surface area contributed by atoms with Crippen LogP contribution in [0.2, 0.25) is 0 Å². The molecule has 0 radical (unpaired) electrons. The molecule has 0 bridgehead atoms. The van der Waals surface area contributed by atoms with Crippen LogP contribution in [-0.4, -0.2) is 30.2 Å². The Morgan fingerprint density at radius 1 is 1.31 bits per heavy atom. The lowest BCUT2D eigenvalue weighted by Crippen LogP contribution is -2.26. The Morgan fingerprint density at radius 3 is 1.94 bits per heavy atom. The van der Waals surface area contributed by atoms with Crippen LogP contribution >= 0.6 is 0 Å². The summed E-state index contributed by atoms with van der Waals surface area (Å²) in [5.74, 6) is 0.569. The fourth-order valence-corrected chi connectivity index (χ4v) is 1.83. The lowest BCUT2D eigenvalue weighted by molar-refractivity contribution is -0.138. The van der Waals surface area contributed by atoms with Gasteiger partial charge < -0.3 is 22.3 Å². The zero-order chi connectivity index (χ0) is 12.6. The molecule has 7 N–H and O–H groups in total. The zero-order valence-electron chi connectivity index (χ0n) is 10.1. The highest BCUT2D eigenvalue weighted by Gasteiger charge is 2.19. The SMILES string of the molecule is CC(N)C(=O)O.NCC1CCCC(CN)C1. The second-order valence-electron chi connectivity index (χ2n) is 4.50. The van der Waals surface area contributed by atoms with E-state index in [0.717, 1.165) is 24.9 Å². The Kier molecular flexibility index (Phi) is 8.15. The summed E-state index contributed by atoms with van der Waals surface area (Å²) in [7, 11) is 0. The van der Waals surface area contributed by atoms with Crippen LogP contribution in [0.25, 0.3) is 0 Å². The summed E-state index contributed by atoms with van der Waals surface area (Å²) in [6.45, 7) is 3.13. The van der Waals surface area contributed by atoms with Crippen molar-refractivity contribution >= 4 is 5.97 Å². The molecule has 5 heteroatoms. The largest absolute Gasteiger partial charge is 0.480 e. The summed E-state index contributed by atoms with van der Waals surface area (Å²) in [5, 5.41) is 7.87. The van der Waals surface area contributed by atoms with E-state index in [0.29, 0.717) is 0 Å². The Hall–Kier alpha value is -0.650. The number of carbonyl (C=O) groups is 1. The van der Waals surface area contributed by atoms with Gasteiger partial charge in [0.25, 0.3) is 0 Å². The smallest absolute Gasteiger partial charge is 0.320 e. The van der Waals surface area contributed by atoms with Gasteiger partial charge in [-0.05, 0) is 51.1 Å². The van der Waals surface area contributed by atoms with Crippen molar-refractivity contribution in [2.75, 3.05) is 13.1 Å². The molecule has 16 heavy (non-hydrogen) atoms. The van der Waals surface area contributed by atoms with E-state index < -0.39 is 12.0 Å². The maximum absolute atomic E-state index is 9.57. The van der Waals surface area contributed by atoms with Crippen molar-refractivity contribution in [3.05, 3.63) is 0 Å². The monoisotopic (exact) mass is 231 g/mol. The molecule has 1 aliphatic rings. The summed E-state index contributed by atoms with van der Waals surface area (Å²) >= 11 is 0. The third-order valence-electron chi connectivity index (χ3n) is 2.95. The van der Waals surface area contributed by atoms with Crippen LogP contribution in [0.1, 0.15) is 32.6 Å². The number of nitrogens with two attached hydrogens (primary N) is 3. The predicted molar refractivity (Wildman–Crippen MR) is 64.8 cm³/mol. The lowest BCUT2D eigenvalue weighted by Gasteiger charge is -2.26. The molecule has 0 spiro atoms. The Morgan fingerprint density at radius 2 is 1.69 bits per heavy atom. The molecule has 0 aromatic heterocycles. The molecule has 1 aliphatic carbocycles. The van der Waals surface area contributed by atoms with E-state index in [2.05, 4.69) is 0 Å². The molecule has 0 aliphatic heterocycles. The van der Waals surface area contributed by atoms with E-state index in [9.17, 15) is 4.79 Å². The molecule has 96 valence electrons. The highest BCUT2D eigenvalue weighted by atomic mass is 16.4. The van der Waals surface area contributed by atoms with E-state index in [1.54, 1.807) is 0 Å². The number of aliphatic carboxylic acids is 1. The van der Waals surface area contributed by atoms with Gasteiger partial charge in [-0.25, -0.2) is 0 Å². The lowest BCUT2D eigenvalue weighted by atomic mass is 9.81. The summed E-state index contributed by atoms with van der Waals surface area (Å²) in [5.41, 5.74) is 16.0. The van der Waals surface area contributed by atoms with Crippen LogP contribution in [-0.2, 0) is 4.79 Å². The molecule has 3 unspecified atom stereocenters. The number of rotatable bonds is 3. The molecular formula is C11H25N3O2. The molecular weight excluding hydrogens is 206 g/mol. The van der Waals surface area contributed by atoms with Gasteiger partial charge in [-0.1, -0.05) is 6.42 Å². The number of hydrogen-bond donors (Lipinski definition) is 4. The minimum atomic E-state index is -0.963. The van der Waals surface area contributed by atoms with Crippen molar-refractivity contribution in [1.82, 2.24) is 0 Å². The van der Waals surface area contributed by atoms with Crippen molar-refractivity contribution in [1.29, 1.82) is 0 Å². The number of hydrogen-bond acceptors (Lipinski definition) is 4. The minimum absolute atomic E-state index is 0.731. The Balaban J connectivity index is 0.000000325. The first kappa shape index (κ1) is 15.3. The van der Waals surface area contributed by atoms with E-state index >= 15 is 0 Å². The average molecular weight is 231 g/mol. The Labute approximate surface area is 97.4 Å². The molecule has 3 atom stereocenters. The molecule has 1 rings (SSSR count). The molecule has 5 nitrogen and oxygen atoms in total. The third kappa shape index (κ3) is 6.76. The standard InChI is InChI=1S/C8H18N2.C3H7NO2/c9-5-7-2-1-3-8(4-7)6-10;1-2(4)3(5)6/h7-8H,1-6,9-10H2;2H,4H2,1H3,(H,5,6). The van der Waals surface area contributed by atoms with Crippen molar-refractivity contribution in [3.8, 4) is 0 Å². The van der Waals surface area contributed by atoms with Gasteiger partial charge in [0, 0.05) is 0 Å². The average Bonchev–Trinajstić information content (AvgIpc) is 2.29. The van der Waals surface area contributed by atoms with Crippen LogP contribution in [0.4, 0.5) is 0 Å². The first-order chi connectivity index (χ1) is 7.51. The van der Waals surface area contributed by atoms with Gasteiger partial charge in [0.1, 0.15) is 6.04 Å². The normalized spacial score (nSPS) is 26.5. The molecule has 1 fully saturated rings. The highest BCUT2D eigenvalue weighted by Crippen LogP contribution is 2.27. The molecule has 0 saturated heterocycles. The third-order valence-corrected chi connectivity index (χ3v) is 2.95. The van der Waals surface area contributed by atoms with Gasteiger partial charge in [0.05, 0.1) is 0 Å². The second-order valence-corrected chi connectivity index (χ2v) is 4.50. The van der Waals surface area contributed by atoms with Gasteiger partial charge in [0.2, 0.25) is 0 Å². The second kappa shape index (κ2) is 8.50. The minimum Gasteiger partial charge on any atom is -0.480 e. The van der Waals surface area contributed by atoms with Crippen molar-refractivity contribution in [2.24, 2.45) is 29.0 Å². The predicted octanol–water partition coefficient (Wildman–Crippen LogP) is 0.128. The van der Waals surface area contributed by atoms with Crippen LogP contribution in [0.5, 0.6) is 0 Å². The molecule has 0 aromatic carbocycles. The Bertz CT molecular complexity index is 188. The van der Waals surface area contributed by atoms with Crippen molar-refractivity contribution in [3.63, 3.8) is 0 Å². The van der Waals surface area contributed by atoms with Crippen LogP contribution in [0.15, 0.2) is 0 Å². The van der Waals surface area contributed by atoms with E-state index in [-0.39, 0.29) is 0 Å². The molecule has 0 heterocycles. The van der Waals surface area contributed by atoms with Crippen molar-refractivity contribution in [2.45, 2.75) is 38.6 Å². The van der Waals surface area contributed by atoms with Gasteiger partial charge in [0.15, 0.2) is 0 Å². The summed E-state index contributed by atoms with van der Waals surface area (Å²) in [4.78, 5) is 9.57. The summed E-state index contributed by atoms with van der Waals surface area (Å²) in [6.07, 6.45) is 5.26. The number of carboxylic acid groups (broad SMARTS) is 1.